The van der Waals surface area contributed by atoms with Gasteiger partial charge in [-0.3, -0.25) is 5.32 Å². The molecule has 0 atom stereocenters. The van der Waals surface area contributed by atoms with E-state index in [1.807, 2.05) is 12.1 Å². The van der Waals surface area contributed by atoms with Crippen molar-refractivity contribution in [1.29, 1.82) is 0 Å². The molecule has 4 N–H and O–H groups in total. The first kappa shape index (κ1) is 26.9. The zero-order valence-corrected chi connectivity index (χ0v) is 22.4. The molecule has 0 unspecified atom stereocenters. The second kappa shape index (κ2) is 10.9. The van der Waals surface area contributed by atoms with Gasteiger partial charge in [-0.1, -0.05) is 12.1 Å². The molecule has 1 aromatic heterocycles. The minimum atomic E-state index is -3.81. The molecule has 0 saturated heterocycles. The number of carbonyl (C=O) groups is 1. The van der Waals surface area contributed by atoms with Crippen LogP contribution >= 0.6 is 27.5 Å². The van der Waals surface area contributed by atoms with E-state index in [0.717, 1.165) is 11.1 Å². The number of aromatic nitrogens is 2. The molecule has 186 valence electrons. The van der Waals surface area contributed by atoms with Crippen LogP contribution in [-0.4, -0.2) is 35.1 Å². The molecule has 0 aliphatic rings. The molecule has 3 rings (SSSR count). The van der Waals surface area contributed by atoms with E-state index in [0.29, 0.717) is 34.5 Å². The van der Waals surface area contributed by atoms with Crippen LogP contribution in [0, 0.1) is 0 Å². The van der Waals surface area contributed by atoms with Crippen LogP contribution in [0.25, 0.3) is 0 Å². The second-order valence-corrected chi connectivity index (χ2v) is 11.7. The van der Waals surface area contributed by atoms with Crippen LogP contribution in [0.3, 0.4) is 0 Å². The molecule has 0 spiro atoms. The first-order valence-electron chi connectivity index (χ1n) is 10.5. The van der Waals surface area contributed by atoms with E-state index in [2.05, 4.69) is 41.3 Å². The number of anilines is 3. The van der Waals surface area contributed by atoms with Crippen molar-refractivity contribution < 1.29 is 18.3 Å². The molecule has 1 amide bonds. The van der Waals surface area contributed by atoms with E-state index in [1.54, 1.807) is 45.0 Å². The van der Waals surface area contributed by atoms with Crippen LogP contribution in [0.2, 0.25) is 5.28 Å². The Bertz CT molecular complexity index is 1350. The lowest BCUT2D eigenvalue weighted by atomic mass is 10.0. The van der Waals surface area contributed by atoms with Crippen molar-refractivity contribution >= 4 is 60.8 Å². The zero-order chi connectivity index (χ0) is 25.8. The standard InChI is InChI=1S/C23H25BrClN5O4S/c1-23(2,3)30-35(33,34)18-11-15(8-7-14-5-4-6-16(9-14)28-22(31)32)10-17(12-18)27-20-19(24)13-26-21(25)29-20/h4-6,9-13,28,30H,7-8H2,1-3H3,(H,31,32)(H,26,27,29). The summed E-state index contributed by atoms with van der Waals surface area (Å²) in [7, 11) is -3.81. The number of sulfonamides is 1. The molecule has 0 aliphatic carbocycles. The Morgan fingerprint density at radius 2 is 1.77 bits per heavy atom. The van der Waals surface area contributed by atoms with Crippen molar-refractivity contribution in [3.05, 3.63) is 69.5 Å². The molecule has 0 radical (unpaired) electrons. The third kappa shape index (κ3) is 8.17. The summed E-state index contributed by atoms with van der Waals surface area (Å²) in [6.45, 7) is 5.31. The van der Waals surface area contributed by atoms with Gasteiger partial charge in [0.15, 0.2) is 0 Å². The first-order valence-corrected chi connectivity index (χ1v) is 13.2. The van der Waals surface area contributed by atoms with Gasteiger partial charge in [0.25, 0.3) is 0 Å². The number of aryl methyl sites for hydroxylation is 2. The fourth-order valence-corrected chi connectivity index (χ4v) is 5.22. The highest BCUT2D eigenvalue weighted by Crippen LogP contribution is 2.28. The average Bonchev–Trinajstić information content (AvgIpc) is 2.73. The minimum Gasteiger partial charge on any atom is -0.465 e. The van der Waals surface area contributed by atoms with E-state index in [9.17, 15) is 13.2 Å². The Hall–Kier alpha value is -2.73. The lowest BCUT2D eigenvalue weighted by Crippen LogP contribution is -2.40. The van der Waals surface area contributed by atoms with Crippen LogP contribution in [0.4, 0.5) is 22.0 Å². The second-order valence-electron chi connectivity index (χ2n) is 8.81. The van der Waals surface area contributed by atoms with Crippen LogP contribution in [0.15, 0.2) is 58.0 Å². The number of nitrogens with one attached hydrogen (secondary N) is 3. The molecule has 0 bridgehead atoms. The molecule has 35 heavy (non-hydrogen) atoms. The normalized spacial score (nSPS) is 11.8. The molecule has 12 heteroatoms. The van der Waals surface area contributed by atoms with E-state index in [-0.39, 0.29) is 10.2 Å². The summed E-state index contributed by atoms with van der Waals surface area (Å²) in [6, 6.07) is 12.0. The zero-order valence-electron chi connectivity index (χ0n) is 19.3. The van der Waals surface area contributed by atoms with E-state index in [4.69, 9.17) is 16.7 Å². The van der Waals surface area contributed by atoms with Gasteiger partial charge < -0.3 is 10.4 Å². The quantitative estimate of drug-likeness (QED) is 0.255. The van der Waals surface area contributed by atoms with Crippen molar-refractivity contribution in [3.8, 4) is 0 Å². The first-order chi connectivity index (χ1) is 16.3. The maximum atomic E-state index is 13.1. The predicted octanol–water partition coefficient (Wildman–Crippen LogP) is 5.59. The van der Waals surface area contributed by atoms with E-state index in [1.165, 1.54) is 12.3 Å². The maximum absolute atomic E-state index is 13.1. The summed E-state index contributed by atoms with van der Waals surface area (Å²) >= 11 is 9.29. The SMILES string of the molecule is CC(C)(C)NS(=O)(=O)c1cc(CCc2cccc(NC(=O)O)c2)cc(Nc2nc(Cl)ncc2Br)c1. The molecular weight excluding hydrogens is 558 g/mol. The van der Waals surface area contributed by atoms with Crippen LogP contribution in [0.5, 0.6) is 0 Å². The molecule has 0 fully saturated rings. The van der Waals surface area contributed by atoms with Gasteiger partial charge >= 0.3 is 6.09 Å². The number of benzene rings is 2. The molecule has 1 heterocycles. The van der Waals surface area contributed by atoms with Crippen LogP contribution < -0.4 is 15.4 Å². The highest BCUT2D eigenvalue weighted by atomic mass is 79.9. The van der Waals surface area contributed by atoms with Gasteiger partial charge in [0.05, 0.1) is 9.37 Å². The van der Waals surface area contributed by atoms with Gasteiger partial charge in [-0.2, -0.15) is 4.98 Å². The van der Waals surface area contributed by atoms with Gasteiger partial charge in [-0.25, -0.2) is 22.9 Å². The van der Waals surface area contributed by atoms with Gasteiger partial charge in [-0.05, 0) is 103 Å². The van der Waals surface area contributed by atoms with Gasteiger partial charge in [0, 0.05) is 23.1 Å². The largest absolute Gasteiger partial charge is 0.465 e. The molecule has 3 aromatic rings. The van der Waals surface area contributed by atoms with E-state index < -0.39 is 21.7 Å². The number of rotatable bonds is 8. The van der Waals surface area contributed by atoms with Gasteiger partial charge in [0.2, 0.25) is 15.3 Å². The Labute approximate surface area is 217 Å². The van der Waals surface area contributed by atoms with Gasteiger partial charge in [-0.15, -0.1) is 0 Å². The Balaban J connectivity index is 1.94. The highest BCUT2D eigenvalue weighted by Gasteiger charge is 2.23. The monoisotopic (exact) mass is 581 g/mol. The lowest BCUT2D eigenvalue weighted by Gasteiger charge is -2.21. The molecule has 9 nitrogen and oxygen atoms in total. The molecule has 0 saturated carbocycles. The summed E-state index contributed by atoms with van der Waals surface area (Å²) in [5.74, 6) is 0.390. The molecule has 2 aromatic carbocycles. The number of halogens is 2. The fraction of sp³-hybridized carbons (Fsp3) is 0.261. The number of carboxylic acid groups (broad SMARTS) is 1. The van der Waals surface area contributed by atoms with Crippen molar-refractivity contribution in [1.82, 2.24) is 14.7 Å². The third-order valence-electron chi connectivity index (χ3n) is 4.58. The van der Waals surface area contributed by atoms with Crippen molar-refractivity contribution in [3.63, 3.8) is 0 Å². The maximum Gasteiger partial charge on any atom is 0.409 e. The average molecular weight is 583 g/mol. The Morgan fingerprint density at radius 1 is 1.09 bits per heavy atom. The lowest BCUT2D eigenvalue weighted by molar-refractivity contribution is 0.209. The summed E-state index contributed by atoms with van der Waals surface area (Å²) < 4.78 is 29.4. The smallest absolute Gasteiger partial charge is 0.409 e. The number of hydrogen-bond donors (Lipinski definition) is 4. The van der Waals surface area contributed by atoms with Crippen molar-refractivity contribution in [2.24, 2.45) is 0 Å². The molecular formula is C23H25BrClN5O4S. The van der Waals surface area contributed by atoms with E-state index >= 15 is 0 Å². The summed E-state index contributed by atoms with van der Waals surface area (Å²) in [4.78, 5) is 19.1. The summed E-state index contributed by atoms with van der Waals surface area (Å²) in [6.07, 6.45) is 1.43. The molecule has 0 aliphatic heterocycles. The number of hydrogen-bond acceptors (Lipinski definition) is 6. The summed E-state index contributed by atoms with van der Waals surface area (Å²) in [5, 5.41) is 14.4. The third-order valence-corrected chi connectivity index (χ3v) is 7.08. The fourth-order valence-electron chi connectivity index (χ4n) is 3.28. The summed E-state index contributed by atoms with van der Waals surface area (Å²) in [5.41, 5.74) is 1.97. The predicted molar refractivity (Wildman–Crippen MR) is 140 cm³/mol. The van der Waals surface area contributed by atoms with Crippen molar-refractivity contribution in [2.45, 2.75) is 44.0 Å². The topological polar surface area (TPSA) is 133 Å². The van der Waals surface area contributed by atoms with Crippen molar-refractivity contribution in [2.75, 3.05) is 10.6 Å². The van der Waals surface area contributed by atoms with Crippen LogP contribution in [0.1, 0.15) is 31.9 Å². The highest BCUT2D eigenvalue weighted by molar-refractivity contribution is 9.10. The number of amides is 1. The Morgan fingerprint density at radius 3 is 2.46 bits per heavy atom. The van der Waals surface area contributed by atoms with Crippen LogP contribution in [-0.2, 0) is 22.9 Å². The minimum absolute atomic E-state index is 0.0453. The Kier molecular flexibility index (Phi) is 8.37. The van der Waals surface area contributed by atoms with Gasteiger partial charge in [0.1, 0.15) is 5.82 Å². The number of nitrogens with zero attached hydrogens (tertiary/aromatic N) is 2.